The first kappa shape index (κ1) is 17.4. The molecule has 1 atom stereocenters. The summed E-state index contributed by atoms with van der Waals surface area (Å²) in [7, 11) is 0. The van der Waals surface area contributed by atoms with Crippen LogP contribution >= 0.6 is 0 Å². The highest BCUT2D eigenvalue weighted by Gasteiger charge is 2.22. The van der Waals surface area contributed by atoms with E-state index < -0.39 is 6.04 Å². The number of amides is 2. The standard InChI is InChI=1S/C20H19N3O3/c1-2-18(24)23-19(14-7-4-3-5-8-14)20(25)22-16-10-6-9-15(11-16)17-12-21-13-26-17/h3-13,19H,2H2,1H3,(H,22,25)(H,23,24)/t19-/m0/s1. The third-order valence-electron chi connectivity index (χ3n) is 3.87. The van der Waals surface area contributed by atoms with Crippen molar-refractivity contribution in [2.45, 2.75) is 19.4 Å². The lowest BCUT2D eigenvalue weighted by Crippen LogP contribution is -2.36. The van der Waals surface area contributed by atoms with Gasteiger partial charge in [-0.05, 0) is 17.7 Å². The summed E-state index contributed by atoms with van der Waals surface area (Å²) in [5.41, 5.74) is 2.13. The van der Waals surface area contributed by atoms with E-state index in [0.29, 0.717) is 17.9 Å². The molecule has 1 heterocycles. The summed E-state index contributed by atoms with van der Waals surface area (Å²) in [6.45, 7) is 1.75. The van der Waals surface area contributed by atoms with Gasteiger partial charge in [0, 0.05) is 17.7 Å². The number of aromatic nitrogens is 1. The summed E-state index contributed by atoms with van der Waals surface area (Å²) in [6.07, 6.45) is 3.26. The van der Waals surface area contributed by atoms with E-state index in [1.165, 1.54) is 6.39 Å². The molecule has 6 heteroatoms. The van der Waals surface area contributed by atoms with Crippen LogP contribution in [0.3, 0.4) is 0 Å². The SMILES string of the molecule is CCC(=O)N[C@H](C(=O)Nc1cccc(-c2cnco2)c1)c1ccccc1. The van der Waals surface area contributed by atoms with Crippen LogP contribution in [0.25, 0.3) is 11.3 Å². The van der Waals surface area contributed by atoms with Crippen molar-refractivity contribution in [2.24, 2.45) is 0 Å². The molecule has 132 valence electrons. The summed E-state index contributed by atoms with van der Waals surface area (Å²) in [5.74, 6) is 0.108. The molecule has 0 bridgehead atoms. The topological polar surface area (TPSA) is 84.2 Å². The summed E-state index contributed by atoms with van der Waals surface area (Å²) in [4.78, 5) is 28.5. The van der Waals surface area contributed by atoms with Crippen LogP contribution in [0.15, 0.2) is 71.6 Å². The van der Waals surface area contributed by atoms with Crippen LogP contribution < -0.4 is 10.6 Å². The smallest absolute Gasteiger partial charge is 0.251 e. The Morgan fingerprint density at radius 2 is 1.92 bits per heavy atom. The van der Waals surface area contributed by atoms with Crippen molar-refractivity contribution in [3.05, 3.63) is 72.8 Å². The lowest BCUT2D eigenvalue weighted by atomic mass is 10.1. The molecule has 2 aromatic carbocycles. The number of anilines is 1. The summed E-state index contributed by atoms with van der Waals surface area (Å²) in [5, 5.41) is 5.62. The zero-order valence-electron chi connectivity index (χ0n) is 14.3. The molecule has 1 aromatic heterocycles. The molecule has 0 spiro atoms. The predicted octanol–water partition coefficient (Wildman–Crippen LogP) is 3.55. The van der Waals surface area contributed by atoms with Crippen molar-refractivity contribution < 1.29 is 14.0 Å². The molecule has 0 unspecified atom stereocenters. The maximum absolute atomic E-state index is 12.8. The first-order chi connectivity index (χ1) is 12.7. The third kappa shape index (κ3) is 4.16. The lowest BCUT2D eigenvalue weighted by Gasteiger charge is -2.19. The zero-order valence-corrected chi connectivity index (χ0v) is 14.3. The highest BCUT2D eigenvalue weighted by atomic mass is 16.3. The zero-order chi connectivity index (χ0) is 18.4. The average Bonchev–Trinajstić information content (AvgIpc) is 3.21. The van der Waals surface area contributed by atoms with Crippen molar-refractivity contribution in [1.82, 2.24) is 10.3 Å². The van der Waals surface area contributed by atoms with E-state index in [4.69, 9.17) is 4.42 Å². The number of nitrogens with one attached hydrogen (secondary N) is 2. The van der Waals surface area contributed by atoms with Gasteiger partial charge >= 0.3 is 0 Å². The van der Waals surface area contributed by atoms with Crippen molar-refractivity contribution in [2.75, 3.05) is 5.32 Å². The Labute approximate surface area is 151 Å². The number of oxazole rings is 1. The molecule has 2 amide bonds. The average molecular weight is 349 g/mol. The molecule has 0 aliphatic rings. The normalized spacial score (nSPS) is 11.6. The van der Waals surface area contributed by atoms with Gasteiger partial charge in [0.15, 0.2) is 12.2 Å². The quantitative estimate of drug-likeness (QED) is 0.713. The maximum Gasteiger partial charge on any atom is 0.251 e. The van der Waals surface area contributed by atoms with Gasteiger partial charge < -0.3 is 15.1 Å². The summed E-state index contributed by atoms with van der Waals surface area (Å²) >= 11 is 0. The van der Waals surface area contributed by atoms with Crippen LogP contribution in [0.4, 0.5) is 5.69 Å². The number of rotatable bonds is 6. The Balaban J connectivity index is 1.81. The monoisotopic (exact) mass is 349 g/mol. The molecule has 3 rings (SSSR count). The Morgan fingerprint density at radius 3 is 2.62 bits per heavy atom. The van der Waals surface area contributed by atoms with Gasteiger partial charge in [-0.1, -0.05) is 49.4 Å². The Bertz CT molecular complexity index is 876. The van der Waals surface area contributed by atoms with E-state index in [2.05, 4.69) is 15.6 Å². The number of carbonyl (C=O) groups excluding carboxylic acids is 2. The third-order valence-corrected chi connectivity index (χ3v) is 3.87. The second-order valence-corrected chi connectivity index (χ2v) is 5.70. The molecule has 0 saturated carbocycles. The van der Waals surface area contributed by atoms with Crippen LogP contribution in [-0.4, -0.2) is 16.8 Å². The van der Waals surface area contributed by atoms with E-state index in [0.717, 1.165) is 11.1 Å². The highest BCUT2D eigenvalue weighted by molar-refractivity contribution is 5.98. The van der Waals surface area contributed by atoms with Crippen LogP contribution in [0.1, 0.15) is 24.9 Å². The maximum atomic E-state index is 12.8. The minimum atomic E-state index is -0.766. The first-order valence-corrected chi connectivity index (χ1v) is 8.31. The van der Waals surface area contributed by atoms with Gasteiger partial charge in [-0.15, -0.1) is 0 Å². The largest absolute Gasteiger partial charge is 0.444 e. The van der Waals surface area contributed by atoms with Crippen molar-refractivity contribution >= 4 is 17.5 Å². The molecule has 0 fully saturated rings. The molecular formula is C20H19N3O3. The minimum absolute atomic E-state index is 0.190. The lowest BCUT2D eigenvalue weighted by molar-refractivity contribution is -0.126. The predicted molar refractivity (Wildman–Crippen MR) is 98.2 cm³/mol. The summed E-state index contributed by atoms with van der Waals surface area (Å²) < 4.78 is 5.28. The molecule has 6 nitrogen and oxygen atoms in total. The number of hydrogen-bond donors (Lipinski definition) is 2. The molecule has 0 aliphatic carbocycles. The highest BCUT2D eigenvalue weighted by Crippen LogP contribution is 2.23. The van der Waals surface area contributed by atoms with Gasteiger partial charge in [-0.3, -0.25) is 9.59 Å². The van der Waals surface area contributed by atoms with Gasteiger partial charge in [0.1, 0.15) is 6.04 Å². The number of nitrogens with zero attached hydrogens (tertiary/aromatic N) is 1. The Morgan fingerprint density at radius 1 is 1.12 bits per heavy atom. The van der Waals surface area contributed by atoms with E-state index in [1.54, 1.807) is 25.3 Å². The first-order valence-electron chi connectivity index (χ1n) is 8.31. The number of benzene rings is 2. The van der Waals surface area contributed by atoms with Gasteiger partial charge in [-0.2, -0.15) is 0 Å². The molecule has 0 aliphatic heterocycles. The fourth-order valence-electron chi connectivity index (χ4n) is 2.53. The van der Waals surface area contributed by atoms with Crippen molar-refractivity contribution in [1.29, 1.82) is 0 Å². The van der Waals surface area contributed by atoms with E-state index in [-0.39, 0.29) is 11.8 Å². The van der Waals surface area contributed by atoms with Gasteiger partial charge in [-0.25, -0.2) is 4.98 Å². The van der Waals surface area contributed by atoms with Crippen LogP contribution in [0.5, 0.6) is 0 Å². The van der Waals surface area contributed by atoms with E-state index >= 15 is 0 Å². The second kappa shape index (κ2) is 8.11. The molecule has 0 saturated heterocycles. The van der Waals surface area contributed by atoms with Crippen LogP contribution in [0, 0.1) is 0 Å². The number of hydrogen-bond acceptors (Lipinski definition) is 4. The summed E-state index contributed by atoms with van der Waals surface area (Å²) in [6, 6.07) is 15.6. The van der Waals surface area contributed by atoms with Crippen molar-refractivity contribution in [3.63, 3.8) is 0 Å². The van der Waals surface area contributed by atoms with Gasteiger partial charge in [0.25, 0.3) is 5.91 Å². The molecule has 26 heavy (non-hydrogen) atoms. The molecule has 0 radical (unpaired) electrons. The molecule has 2 N–H and O–H groups in total. The van der Waals surface area contributed by atoms with E-state index in [9.17, 15) is 9.59 Å². The van der Waals surface area contributed by atoms with Gasteiger partial charge in [0.2, 0.25) is 5.91 Å². The van der Waals surface area contributed by atoms with Crippen LogP contribution in [-0.2, 0) is 9.59 Å². The van der Waals surface area contributed by atoms with Crippen LogP contribution in [0.2, 0.25) is 0 Å². The Kier molecular flexibility index (Phi) is 5.43. The molecule has 3 aromatic rings. The number of carbonyl (C=O) groups is 2. The fourth-order valence-corrected chi connectivity index (χ4v) is 2.53. The second-order valence-electron chi connectivity index (χ2n) is 5.70. The van der Waals surface area contributed by atoms with Gasteiger partial charge in [0.05, 0.1) is 6.20 Å². The van der Waals surface area contributed by atoms with E-state index in [1.807, 2.05) is 42.5 Å². The Hall–Kier alpha value is -3.41. The van der Waals surface area contributed by atoms with Crippen molar-refractivity contribution in [3.8, 4) is 11.3 Å². The minimum Gasteiger partial charge on any atom is -0.444 e. The molecular weight excluding hydrogens is 330 g/mol. The fraction of sp³-hybridized carbons (Fsp3) is 0.150.